The molecule has 1 aliphatic heterocycles. The molecule has 0 atom stereocenters. The van der Waals surface area contributed by atoms with Gasteiger partial charge in [0.25, 0.3) is 0 Å². The van der Waals surface area contributed by atoms with Gasteiger partial charge in [-0.2, -0.15) is 0 Å². The van der Waals surface area contributed by atoms with Crippen molar-refractivity contribution in [2.24, 2.45) is 0 Å². The fourth-order valence-electron chi connectivity index (χ4n) is 2.83. The molecule has 0 N–H and O–H groups in total. The van der Waals surface area contributed by atoms with E-state index in [1.165, 1.54) is 0 Å². The highest BCUT2D eigenvalue weighted by Crippen LogP contribution is 2.28. The standard InChI is InChI=1S/C16H19N3O2S/c20-22(21,13-14-4-2-1-3-5-14)19-10-6-15(7-11-19)16-12-17-8-9-18-16/h1-5,8-9,12,15H,6-7,10-11,13H2. The average Bonchev–Trinajstić information content (AvgIpc) is 2.56. The number of aromatic nitrogens is 2. The maximum atomic E-state index is 12.5. The smallest absolute Gasteiger partial charge is 0.218 e. The molecule has 1 fully saturated rings. The number of nitrogens with zero attached hydrogens (tertiary/aromatic N) is 3. The Hall–Kier alpha value is -1.79. The fraction of sp³-hybridized carbons (Fsp3) is 0.375. The van der Waals surface area contributed by atoms with Gasteiger partial charge >= 0.3 is 0 Å². The van der Waals surface area contributed by atoms with Crippen LogP contribution in [0.3, 0.4) is 0 Å². The van der Waals surface area contributed by atoms with Crippen molar-refractivity contribution in [3.8, 4) is 0 Å². The summed E-state index contributed by atoms with van der Waals surface area (Å²) in [6.45, 7) is 1.10. The SMILES string of the molecule is O=S(=O)(Cc1ccccc1)N1CCC(c2cnccn2)CC1. The Morgan fingerprint density at radius 1 is 1.09 bits per heavy atom. The summed E-state index contributed by atoms with van der Waals surface area (Å²) in [7, 11) is -3.24. The van der Waals surface area contributed by atoms with Crippen molar-refractivity contribution in [1.29, 1.82) is 0 Å². The molecule has 0 aliphatic carbocycles. The Labute approximate surface area is 131 Å². The third-order valence-electron chi connectivity index (χ3n) is 4.04. The summed E-state index contributed by atoms with van der Waals surface area (Å²) < 4.78 is 26.6. The Balaban J connectivity index is 1.63. The molecule has 0 amide bonds. The van der Waals surface area contributed by atoms with E-state index >= 15 is 0 Å². The van der Waals surface area contributed by atoms with Crippen LogP contribution in [0, 0.1) is 0 Å². The third kappa shape index (κ3) is 3.51. The molecule has 1 aromatic carbocycles. The van der Waals surface area contributed by atoms with Crippen molar-refractivity contribution in [2.75, 3.05) is 13.1 Å². The zero-order valence-corrected chi connectivity index (χ0v) is 13.1. The fourth-order valence-corrected chi connectivity index (χ4v) is 4.39. The second kappa shape index (κ2) is 6.54. The van der Waals surface area contributed by atoms with E-state index in [0.29, 0.717) is 19.0 Å². The van der Waals surface area contributed by atoms with Crippen LogP contribution >= 0.6 is 0 Å². The molecule has 1 aliphatic rings. The Kier molecular flexibility index (Phi) is 4.49. The monoisotopic (exact) mass is 317 g/mol. The first-order valence-electron chi connectivity index (χ1n) is 7.43. The average molecular weight is 317 g/mol. The van der Waals surface area contributed by atoms with Crippen LogP contribution in [0.4, 0.5) is 0 Å². The summed E-state index contributed by atoms with van der Waals surface area (Å²) in [5.74, 6) is 0.376. The van der Waals surface area contributed by atoms with E-state index in [2.05, 4.69) is 9.97 Å². The largest absolute Gasteiger partial charge is 0.261 e. The van der Waals surface area contributed by atoms with Crippen LogP contribution in [0.25, 0.3) is 0 Å². The molecule has 0 spiro atoms. The van der Waals surface area contributed by atoms with Gasteiger partial charge in [0.05, 0.1) is 11.4 Å². The van der Waals surface area contributed by atoms with Crippen LogP contribution < -0.4 is 0 Å². The number of hydrogen-bond donors (Lipinski definition) is 0. The minimum atomic E-state index is -3.24. The maximum absolute atomic E-state index is 12.5. The molecule has 116 valence electrons. The number of hydrogen-bond acceptors (Lipinski definition) is 4. The first-order valence-corrected chi connectivity index (χ1v) is 9.04. The van der Waals surface area contributed by atoms with E-state index in [-0.39, 0.29) is 5.75 Å². The second-order valence-electron chi connectivity index (χ2n) is 5.55. The maximum Gasteiger partial charge on any atom is 0.218 e. The molecule has 6 heteroatoms. The van der Waals surface area contributed by atoms with E-state index in [9.17, 15) is 8.42 Å². The predicted molar refractivity (Wildman–Crippen MR) is 84.6 cm³/mol. The first kappa shape index (κ1) is 15.1. The van der Waals surface area contributed by atoms with Crippen molar-refractivity contribution >= 4 is 10.0 Å². The lowest BCUT2D eigenvalue weighted by atomic mass is 9.95. The molecule has 1 saturated heterocycles. The van der Waals surface area contributed by atoms with Crippen LogP contribution in [0.15, 0.2) is 48.9 Å². The molecule has 5 nitrogen and oxygen atoms in total. The van der Waals surface area contributed by atoms with Gasteiger partial charge in [-0.1, -0.05) is 30.3 Å². The second-order valence-corrected chi connectivity index (χ2v) is 7.51. The van der Waals surface area contributed by atoms with Gasteiger partial charge in [0.2, 0.25) is 10.0 Å². The van der Waals surface area contributed by atoms with Crippen molar-refractivity contribution in [3.63, 3.8) is 0 Å². The Bertz CT molecular complexity index is 697. The topological polar surface area (TPSA) is 63.2 Å². The highest BCUT2D eigenvalue weighted by atomic mass is 32.2. The zero-order chi connectivity index (χ0) is 15.4. The zero-order valence-electron chi connectivity index (χ0n) is 12.3. The van der Waals surface area contributed by atoms with E-state index < -0.39 is 10.0 Å². The highest BCUT2D eigenvalue weighted by Gasteiger charge is 2.29. The molecule has 0 saturated carbocycles. The summed E-state index contributed by atoms with van der Waals surface area (Å²) in [5, 5.41) is 0. The van der Waals surface area contributed by atoms with Crippen LogP contribution in [0.2, 0.25) is 0 Å². The summed E-state index contributed by atoms with van der Waals surface area (Å²) in [6.07, 6.45) is 6.72. The number of piperidine rings is 1. The number of rotatable bonds is 4. The molecule has 2 aromatic rings. The van der Waals surface area contributed by atoms with Crippen molar-refractivity contribution in [2.45, 2.75) is 24.5 Å². The van der Waals surface area contributed by atoms with E-state index in [1.54, 1.807) is 22.9 Å². The molecular formula is C16H19N3O2S. The van der Waals surface area contributed by atoms with E-state index in [4.69, 9.17) is 0 Å². The van der Waals surface area contributed by atoms with Crippen LogP contribution in [-0.2, 0) is 15.8 Å². The molecule has 3 rings (SSSR count). The number of benzene rings is 1. The highest BCUT2D eigenvalue weighted by molar-refractivity contribution is 7.88. The minimum Gasteiger partial charge on any atom is -0.261 e. The normalized spacial score (nSPS) is 17.5. The lowest BCUT2D eigenvalue weighted by Crippen LogP contribution is -2.38. The van der Waals surface area contributed by atoms with Gasteiger partial charge in [0, 0.05) is 37.6 Å². The lowest BCUT2D eigenvalue weighted by molar-refractivity contribution is 0.316. The molecule has 2 heterocycles. The van der Waals surface area contributed by atoms with Gasteiger partial charge in [-0.25, -0.2) is 12.7 Å². The minimum absolute atomic E-state index is 0.0731. The van der Waals surface area contributed by atoms with E-state index in [1.807, 2.05) is 30.3 Å². The first-order chi connectivity index (χ1) is 10.6. The third-order valence-corrected chi connectivity index (χ3v) is 5.89. The van der Waals surface area contributed by atoms with Gasteiger partial charge < -0.3 is 0 Å². The summed E-state index contributed by atoms with van der Waals surface area (Å²) in [6, 6.07) is 9.33. The van der Waals surface area contributed by atoms with Crippen molar-refractivity contribution < 1.29 is 8.42 Å². The lowest BCUT2D eigenvalue weighted by Gasteiger charge is -2.30. The van der Waals surface area contributed by atoms with Crippen molar-refractivity contribution in [1.82, 2.24) is 14.3 Å². The van der Waals surface area contributed by atoms with Gasteiger partial charge in [-0.05, 0) is 18.4 Å². The Morgan fingerprint density at radius 3 is 2.45 bits per heavy atom. The van der Waals surface area contributed by atoms with Gasteiger partial charge in [-0.15, -0.1) is 0 Å². The van der Waals surface area contributed by atoms with Gasteiger partial charge in [-0.3, -0.25) is 9.97 Å². The van der Waals surface area contributed by atoms with Crippen LogP contribution in [0.5, 0.6) is 0 Å². The Morgan fingerprint density at radius 2 is 1.82 bits per heavy atom. The molecular weight excluding hydrogens is 298 g/mol. The summed E-state index contributed by atoms with van der Waals surface area (Å²) >= 11 is 0. The molecule has 22 heavy (non-hydrogen) atoms. The molecule has 0 bridgehead atoms. The van der Waals surface area contributed by atoms with E-state index in [0.717, 1.165) is 24.1 Å². The molecule has 1 aromatic heterocycles. The van der Waals surface area contributed by atoms with Crippen LogP contribution in [0.1, 0.15) is 30.0 Å². The predicted octanol–water partition coefficient (Wildman–Crippen LogP) is 2.19. The van der Waals surface area contributed by atoms with Gasteiger partial charge in [0.15, 0.2) is 0 Å². The molecule has 0 radical (unpaired) electrons. The number of sulfonamides is 1. The molecule has 0 unspecified atom stereocenters. The van der Waals surface area contributed by atoms with Crippen molar-refractivity contribution in [3.05, 3.63) is 60.2 Å². The van der Waals surface area contributed by atoms with Gasteiger partial charge in [0.1, 0.15) is 0 Å². The summed E-state index contributed by atoms with van der Waals surface area (Å²) in [5.41, 5.74) is 1.79. The van der Waals surface area contributed by atoms with Crippen LogP contribution in [-0.4, -0.2) is 35.8 Å². The quantitative estimate of drug-likeness (QED) is 0.867. The summed E-state index contributed by atoms with van der Waals surface area (Å²) in [4.78, 5) is 8.42.